The van der Waals surface area contributed by atoms with Crippen LogP contribution in [0.15, 0.2) is 73.2 Å². The van der Waals surface area contributed by atoms with Gasteiger partial charge in [0.15, 0.2) is 0 Å². The average Bonchev–Trinajstić information content (AvgIpc) is 3.18. The van der Waals surface area contributed by atoms with Crippen molar-refractivity contribution in [2.24, 2.45) is 0 Å². The van der Waals surface area contributed by atoms with Crippen molar-refractivity contribution in [2.45, 2.75) is 226 Å². The minimum atomic E-state index is -0.166. The van der Waals surface area contributed by atoms with Crippen molar-refractivity contribution < 1.29 is 18.9 Å². The van der Waals surface area contributed by atoms with Crippen molar-refractivity contribution >= 4 is 0 Å². The third kappa shape index (κ3) is 24.6. The van der Waals surface area contributed by atoms with Crippen LogP contribution in [0.25, 0.3) is 0 Å². The van der Waals surface area contributed by atoms with Crippen LogP contribution in [0, 0.1) is 0 Å². The van der Waals surface area contributed by atoms with Gasteiger partial charge in [-0.2, -0.15) is 0 Å². The fourth-order valence-electron chi connectivity index (χ4n) is 7.77. The normalized spacial score (nSPS) is 12.5. The highest BCUT2D eigenvalue weighted by atomic mass is 16.5. The standard InChI is InChI=1S/C53H88O4/c1-9-43-54-45-31-27-23-19-15-11-13-17-21-25-29-41-51(3,4)56-49-37-33-47(34-38-49)53(7,8)48-35-39-50(40-36-48)57-52(5,6)42-30-26-22-18-14-12-16-20-24-28-32-46-55-44-10-2/h9-10,33-40,43-44H,11-32,41-42,45-46H2,1-8H3. The first-order valence-corrected chi connectivity index (χ1v) is 23.5. The zero-order valence-electron chi connectivity index (χ0n) is 38.4. The van der Waals surface area contributed by atoms with Crippen LogP contribution in [-0.2, 0) is 14.9 Å². The van der Waals surface area contributed by atoms with Gasteiger partial charge in [-0.3, -0.25) is 0 Å². The predicted octanol–water partition coefficient (Wildman–Crippen LogP) is 16.8. The zero-order chi connectivity index (χ0) is 41.5. The lowest BCUT2D eigenvalue weighted by atomic mass is 9.78. The van der Waals surface area contributed by atoms with Crippen LogP contribution in [0.5, 0.6) is 11.5 Å². The molecule has 324 valence electrons. The highest BCUT2D eigenvalue weighted by Crippen LogP contribution is 2.35. The predicted molar refractivity (Wildman–Crippen MR) is 247 cm³/mol. The van der Waals surface area contributed by atoms with Crippen molar-refractivity contribution in [1.29, 1.82) is 0 Å². The van der Waals surface area contributed by atoms with Gasteiger partial charge in [0.2, 0.25) is 0 Å². The van der Waals surface area contributed by atoms with Gasteiger partial charge in [-0.1, -0.05) is 166 Å². The Morgan fingerprint density at radius 1 is 0.368 bits per heavy atom. The van der Waals surface area contributed by atoms with E-state index in [0.717, 1.165) is 37.6 Å². The van der Waals surface area contributed by atoms with Crippen molar-refractivity contribution in [1.82, 2.24) is 0 Å². The summed E-state index contributed by atoms with van der Waals surface area (Å²) in [6.45, 7) is 19.3. The average molecular weight is 789 g/mol. The van der Waals surface area contributed by atoms with E-state index >= 15 is 0 Å². The highest BCUT2D eigenvalue weighted by molar-refractivity contribution is 5.42. The Kier molecular flexibility index (Phi) is 26.6. The van der Waals surface area contributed by atoms with Gasteiger partial charge in [0.05, 0.1) is 25.7 Å². The lowest BCUT2D eigenvalue weighted by Gasteiger charge is -2.29. The molecule has 0 bridgehead atoms. The van der Waals surface area contributed by atoms with Crippen LogP contribution >= 0.6 is 0 Å². The summed E-state index contributed by atoms with van der Waals surface area (Å²) < 4.78 is 23.8. The van der Waals surface area contributed by atoms with Crippen LogP contribution < -0.4 is 9.47 Å². The van der Waals surface area contributed by atoms with Gasteiger partial charge in [0.1, 0.15) is 22.7 Å². The Morgan fingerprint density at radius 3 is 0.912 bits per heavy atom. The Morgan fingerprint density at radius 2 is 0.632 bits per heavy atom. The minimum absolute atomic E-state index is 0.120. The summed E-state index contributed by atoms with van der Waals surface area (Å²) in [6.07, 6.45) is 38.7. The van der Waals surface area contributed by atoms with E-state index < -0.39 is 0 Å². The molecule has 57 heavy (non-hydrogen) atoms. The van der Waals surface area contributed by atoms with Gasteiger partial charge < -0.3 is 18.9 Å². The molecule has 2 aromatic carbocycles. The van der Waals surface area contributed by atoms with Crippen LogP contribution in [0.3, 0.4) is 0 Å². The molecule has 0 fully saturated rings. The van der Waals surface area contributed by atoms with Crippen LogP contribution in [0.4, 0.5) is 0 Å². The quantitative estimate of drug-likeness (QED) is 0.0509. The summed E-state index contributed by atoms with van der Waals surface area (Å²) in [4.78, 5) is 0. The van der Waals surface area contributed by atoms with E-state index in [1.807, 2.05) is 26.0 Å². The van der Waals surface area contributed by atoms with E-state index in [2.05, 4.69) is 90.1 Å². The summed E-state index contributed by atoms with van der Waals surface area (Å²) in [5, 5.41) is 0. The molecule has 0 aliphatic heterocycles. The molecule has 0 aliphatic rings. The maximum atomic E-state index is 6.51. The van der Waals surface area contributed by atoms with Gasteiger partial charge in [0, 0.05) is 5.41 Å². The molecule has 2 aromatic rings. The van der Waals surface area contributed by atoms with Crippen molar-refractivity contribution in [2.75, 3.05) is 13.2 Å². The Labute approximate surface area is 353 Å². The largest absolute Gasteiger partial charge is 0.502 e. The molecule has 4 nitrogen and oxygen atoms in total. The Bertz CT molecular complexity index is 1190. The van der Waals surface area contributed by atoms with E-state index in [1.54, 1.807) is 12.5 Å². The maximum Gasteiger partial charge on any atom is 0.120 e. The molecule has 0 unspecified atom stereocenters. The molecule has 0 amide bonds. The molecular formula is C53H88O4. The molecule has 0 heterocycles. The Balaban J connectivity index is 1.60. The molecule has 0 spiro atoms. The van der Waals surface area contributed by atoms with Crippen LogP contribution in [0.1, 0.15) is 221 Å². The summed E-state index contributed by atoms with van der Waals surface area (Å²) in [5.41, 5.74) is 2.13. The monoisotopic (exact) mass is 789 g/mol. The number of unbranched alkanes of at least 4 members (excludes halogenated alkanes) is 20. The molecular weight excluding hydrogens is 701 g/mol. The van der Waals surface area contributed by atoms with Crippen molar-refractivity contribution in [3.63, 3.8) is 0 Å². The molecule has 0 aliphatic carbocycles. The summed E-state index contributed by atoms with van der Waals surface area (Å²) in [7, 11) is 0. The molecule has 2 rings (SSSR count). The van der Waals surface area contributed by atoms with Gasteiger partial charge in [-0.15, -0.1) is 0 Å². The lowest BCUT2D eigenvalue weighted by molar-refractivity contribution is 0.0956. The third-order valence-electron chi connectivity index (χ3n) is 11.5. The lowest BCUT2D eigenvalue weighted by Crippen LogP contribution is -2.28. The summed E-state index contributed by atoms with van der Waals surface area (Å²) in [6, 6.07) is 17.6. The second-order valence-corrected chi connectivity index (χ2v) is 18.4. The number of allylic oxidation sites excluding steroid dienone is 2. The van der Waals surface area contributed by atoms with E-state index in [4.69, 9.17) is 18.9 Å². The maximum absolute atomic E-state index is 6.51. The number of rotatable bonds is 36. The van der Waals surface area contributed by atoms with Crippen LogP contribution in [0.2, 0.25) is 0 Å². The van der Waals surface area contributed by atoms with Gasteiger partial charge in [-0.25, -0.2) is 0 Å². The fourth-order valence-corrected chi connectivity index (χ4v) is 7.77. The molecule has 0 radical (unpaired) electrons. The molecule has 4 heteroatoms. The fraction of sp³-hybridized carbons (Fsp3) is 0.698. The molecule has 0 aromatic heterocycles. The van der Waals surface area contributed by atoms with Crippen molar-refractivity contribution in [3.8, 4) is 11.5 Å². The topological polar surface area (TPSA) is 36.9 Å². The third-order valence-corrected chi connectivity index (χ3v) is 11.5. The van der Waals surface area contributed by atoms with Gasteiger partial charge in [-0.05, 0) is 115 Å². The Hall–Kier alpha value is -2.88. The second kappa shape index (κ2) is 30.2. The first-order chi connectivity index (χ1) is 27.5. The SMILES string of the molecule is CC=COCCCCCCCCCCCCCC(C)(C)Oc1ccc(C(C)(C)c2ccc(OC(C)(C)CCCCCCCCCCCCCOC=CC)cc2)cc1. The first-order valence-electron chi connectivity index (χ1n) is 23.5. The van der Waals surface area contributed by atoms with Crippen molar-refractivity contribution in [3.05, 3.63) is 84.3 Å². The van der Waals surface area contributed by atoms with E-state index in [0.29, 0.717) is 0 Å². The summed E-state index contributed by atoms with van der Waals surface area (Å²) in [5.74, 6) is 1.92. The summed E-state index contributed by atoms with van der Waals surface area (Å²) >= 11 is 0. The molecule has 0 saturated carbocycles. The van der Waals surface area contributed by atoms with Gasteiger partial charge >= 0.3 is 0 Å². The second-order valence-electron chi connectivity index (χ2n) is 18.4. The smallest absolute Gasteiger partial charge is 0.120 e. The number of hydrogen-bond donors (Lipinski definition) is 0. The number of benzene rings is 2. The highest BCUT2D eigenvalue weighted by Gasteiger charge is 2.25. The van der Waals surface area contributed by atoms with E-state index in [1.165, 1.54) is 152 Å². The molecule has 0 atom stereocenters. The number of ether oxygens (including phenoxy) is 4. The van der Waals surface area contributed by atoms with Crippen LogP contribution in [-0.4, -0.2) is 24.4 Å². The number of hydrogen-bond acceptors (Lipinski definition) is 4. The first kappa shape index (κ1) is 50.3. The zero-order valence-corrected chi connectivity index (χ0v) is 38.4. The van der Waals surface area contributed by atoms with E-state index in [9.17, 15) is 0 Å². The van der Waals surface area contributed by atoms with Gasteiger partial charge in [0.25, 0.3) is 0 Å². The molecule has 0 N–H and O–H groups in total. The molecule has 0 saturated heterocycles. The van der Waals surface area contributed by atoms with E-state index in [-0.39, 0.29) is 16.6 Å². The minimum Gasteiger partial charge on any atom is -0.502 e.